The Bertz CT molecular complexity index is 1280. The number of allylic oxidation sites excluding steroid dienone is 3. The van der Waals surface area contributed by atoms with Crippen molar-refractivity contribution in [3.63, 3.8) is 0 Å². The highest BCUT2D eigenvalue weighted by atomic mass is 32.2. The highest BCUT2D eigenvalue weighted by Crippen LogP contribution is 2.50. The molecule has 2 aromatic rings. The lowest BCUT2D eigenvalue weighted by atomic mass is 9.75. The highest BCUT2D eigenvalue weighted by molar-refractivity contribution is 8.01. The fourth-order valence-electron chi connectivity index (χ4n) is 4.38. The largest absolute Gasteiger partial charge is 0.496 e. The van der Waals surface area contributed by atoms with E-state index in [0.717, 1.165) is 10.0 Å². The Hall–Kier alpha value is -3.49. The fourth-order valence-corrected chi connectivity index (χ4v) is 6.02. The van der Waals surface area contributed by atoms with Crippen molar-refractivity contribution >= 4 is 34.0 Å². The number of thioether (sulfide) groups is 1. The number of ketones is 1. The number of hydrogen-bond acceptors (Lipinski definition) is 11. The first-order valence-corrected chi connectivity index (χ1v) is 12.6. The van der Waals surface area contributed by atoms with Crippen LogP contribution in [-0.2, 0) is 4.79 Å². The number of nitriles is 1. The van der Waals surface area contributed by atoms with Gasteiger partial charge in [-0.2, -0.15) is 5.26 Å². The molecular weight excluding hydrogens is 486 g/mol. The van der Waals surface area contributed by atoms with E-state index < -0.39 is 5.92 Å². The van der Waals surface area contributed by atoms with E-state index >= 15 is 0 Å². The average Bonchev–Trinajstić information content (AvgIpc) is 3.34. The van der Waals surface area contributed by atoms with E-state index in [-0.39, 0.29) is 17.2 Å². The molecule has 1 unspecified atom stereocenters. The third-order valence-electron chi connectivity index (χ3n) is 5.87. The van der Waals surface area contributed by atoms with E-state index in [1.54, 1.807) is 23.1 Å². The summed E-state index contributed by atoms with van der Waals surface area (Å²) in [4.78, 5) is 15.1. The number of carbonyl (C=O) groups excluding carboxylic acids is 1. The van der Waals surface area contributed by atoms with Crippen LogP contribution < -0.4 is 24.8 Å². The summed E-state index contributed by atoms with van der Waals surface area (Å²) in [6.07, 6.45) is 3.46. The minimum atomic E-state index is -0.712. The number of rotatable bonds is 8. The Morgan fingerprint density at radius 3 is 2.60 bits per heavy atom. The van der Waals surface area contributed by atoms with Crippen molar-refractivity contribution in [3.8, 4) is 23.3 Å². The fraction of sp³-hybridized carbons (Fsp3) is 0.333. The first kappa shape index (κ1) is 24.6. The van der Waals surface area contributed by atoms with Gasteiger partial charge < -0.3 is 19.9 Å². The van der Waals surface area contributed by atoms with E-state index in [0.29, 0.717) is 58.5 Å². The second-order valence-electron chi connectivity index (χ2n) is 7.72. The zero-order valence-corrected chi connectivity index (χ0v) is 21.3. The molecular formula is C24H25N5O4S2. The van der Waals surface area contributed by atoms with Crippen molar-refractivity contribution in [2.45, 2.75) is 29.5 Å². The van der Waals surface area contributed by atoms with Gasteiger partial charge in [0.2, 0.25) is 5.13 Å². The Kier molecular flexibility index (Phi) is 7.33. The molecule has 35 heavy (non-hydrogen) atoms. The maximum atomic E-state index is 13.4. The lowest BCUT2D eigenvalue weighted by molar-refractivity contribution is -0.116. The van der Waals surface area contributed by atoms with Crippen LogP contribution in [0.1, 0.15) is 30.7 Å². The smallest absolute Gasteiger partial charge is 0.219 e. The first-order chi connectivity index (χ1) is 17.0. The van der Waals surface area contributed by atoms with Crippen LogP contribution in [0.5, 0.6) is 17.2 Å². The van der Waals surface area contributed by atoms with E-state index in [2.05, 4.69) is 22.8 Å². The molecule has 1 aromatic carbocycles. The molecule has 0 amide bonds. The van der Waals surface area contributed by atoms with Gasteiger partial charge in [0.25, 0.3) is 0 Å². The topological polar surface area (TPSA) is 124 Å². The molecule has 0 bridgehead atoms. The number of benzene rings is 1. The van der Waals surface area contributed by atoms with Gasteiger partial charge >= 0.3 is 0 Å². The maximum Gasteiger partial charge on any atom is 0.219 e. The molecule has 0 spiro atoms. The van der Waals surface area contributed by atoms with Crippen LogP contribution in [0.15, 0.2) is 51.8 Å². The molecule has 182 valence electrons. The Labute approximate surface area is 211 Å². The normalized spacial score (nSPS) is 17.7. The molecule has 4 rings (SSSR count). The second-order valence-corrected chi connectivity index (χ2v) is 9.94. The molecule has 11 heteroatoms. The number of hydrogen-bond donors (Lipinski definition) is 1. The van der Waals surface area contributed by atoms with Gasteiger partial charge in [0.15, 0.2) is 21.6 Å². The lowest BCUT2D eigenvalue weighted by Crippen LogP contribution is -2.38. The molecule has 2 N–H and O–H groups in total. The van der Waals surface area contributed by atoms with Crippen LogP contribution in [0.3, 0.4) is 0 Å². The van der Waals surface area contributed by atoms with Crippen LogP contribution >= 0.6 is 23.1 Å². The van der Waals surface area contributed by atoms with Gasteiger partial charge in [-0.15, -0.1) is 16.8 Å². The van der Waals surface area contributed by atoms with Crippen molar-refractivity contribution in [1.82, 2.24) is 10.2 Å². The number of nitrogens with zero attached hydrogens (tertiary/aromatic N) is 4. The predicted molar refractivity (Wildman–Crippen MR) is 135 cm³/mol. The third-order valence-corrected chi connectivity index (χ3v) is 7.91. The molecule has 1 aliphatic carbocycles. The predicted octanol–water partition coefficient (Wildman–Crippen LogP) is 4.15. The second kappa shape index (κ2) is 10.4. The lowest BCUT2D eigenvalue weighted by Gasteiger charge is -2.38. The molecule has 0 saturated carbocycles. The molecule has 0 radical (unpaired) electrons. The van der Waals surface area contributed by atoms with Crippen molar-refractivity contribution in [1.29, 1.82) is 5.26 Å². The number of ether oxygens (including phenoxy) is 3. The average molecular weight is 512 g/mol. The Morgan fingerprint density at radius 2 is 1.94 bits per heavy atom. The monoisotopic (exact) mass is 511 g/mol. The minimum absolute atomic E-state index is 0.0379. The number of nitrogens with two attached hydrogens (primary N) is 1. The van der Waals surface area contributed by atoms with Crippen LogP contribution in [0.4, 0.5) is 5.13 Å². The molecule has 1 aliphatic heterocycles. The van der Waals surface area contributed by atoms with E-state index in [4.69, 9.17) is 19.9 Å². The third kappa shape index (κ3) is 4.35. The summed E-state index contributed by atoms with van der Waals surface area (Å²) < 4.78 is 17.3. The van der Waals surface area contributed by atoms with Gasteiger partial charge in [0, 0.05) is 35.1 Å². The van der Waals surface area contributed by atoms with E-state index in [9.17, 15) is 10.1 Å². The summed E-state index contributed by atoms with van der Waals surface area (Å²) in [6, 6.07) is 5.68. The zero-order valence-electron chi connectivity index (χ0n) is 19.7. The number of aromatic nitrogens is 2. The maximum absolute atomic E-state index is 13.4. The van der Waals surface area contributed by atoms with Crippen molar-refractivity contribution in [3.05, 3.63) is 53.0 Å². The first-order valence-electron chi connectivity index (χ1n) is 10.8. The van der Waals surface area contributed by atoms with E-state index in [1.165, 1.54) is 44.4 Å². The Balaban J connectivity index is 1.93. The van der Waals surface area contributed by atoms with Gasteiger partial charge in [0.05, 0.1) is 38.9 Å². The van der Waals surface area contributed by atoms with Crippen molar-refractivity contribution < 1.29 is 19.0 Å². The molecule has 2 aliphatic rings. The van der Waals surface area contributed by atoms with Gasteiger partial charge in [-0.25, -0.2) is 0 Å². The summed E-state index contributed by atoms with van der Waals surface area (Å²) in [5, 5.41) is 19.3. The summed E-state index contributed by atoms with van der Waals surface area (Å²) in [6.45, 7) is 3.73. The highest BCUT2D eigenvalue weighted by Gasteiger charge is 2.42. The molecule has 9 nitrogen and oxygen atoms in total. The van der Waals surface area contributed by atoms with Crippen LogP contribution in [-0.4, -0.2) is 43.1 Å². The number of carbonyl (C=O) groups is 1. The molecule has 0 saturated heterocycles. The van der Waals surface area contributed by atoms with Crippen LogP contribution in [0.2, 0.25) is 0 Å². The van der Waals surface area contributed by atoms with Crippen LogP contribution in [0, 0.1) is 11.3 Å². The van der Waals surface area contributed by atoms with Gasteiger partial charge in [-0.1, -0.05) is 29.2 Å². The summed E-state index contributed by atoms with van der Waals surface area (Å²) in [5.74, 6) is 1.56. The van der Waals surface area contributed by atoms with Gasteiger partial charge in [-0.05, 0) is 18.9 Å². The van der Waals surface area contributed by atoms with Gasteiger partial charge in [0.1, 0.15) is 11.6 Å². The van der Waals surface area contributed by atoms with E-state index in [1.807, 2.05) is 0 Å². The van der Waals surface area contributed by atoms with Crippen molar-refractivity contribution in [2.75, 3.05) is 32.0 Å². The molecule has 1 aromatic heterocycles. The number of Topliss-reactive ketones (excluding diaryl/α,β-unsaturated/α-hetero) is 1. The number of anilines is 1. The summed E-state index contributed by atoms with van der Waals surface area (Å²) in [5.41, 5.74) is 8.72. The minimum Gasteiger partial charge on any atom is -0.496 e. The molecule has 2 heterocycles. The molecule has 1 atom stereocenters. The standard InChI is InChI=1S/C24H25N5O4S2/c1-5-9-34-24-28-27-23(35-24)29-15-7-6-8-16(30)21(15)20(14(12-25)22(29)26)13-10-18(32-3)19(33-4)11-17(13)31-2/h5,10-11,20H,1,6-9,26H2,2-4H3. The number of methoxy groups -OCH3 is 3. The summed E-state index contributed by atoms with van der Waals surface area (Å²) in [7, 11) is 4.59. The Morgan fingerprint density at radius 1 is 1.23 bits per heavy atom. The van der Waals surface area contributed by atoms with Gasteiger partial charge in [-0.3, -0.25) is 9.69 Å². The van der Waals surface area contributed by atoms with Crippen molar-refractivity contribution in [2.24, 2.45) is 5.73 Å². The van der Waals surface area contributed by atoms with Crippen LogP contribution in [0.25, 0.3) is 0 Å². The summed E-state index contributed by atoms with van der Waals surface area (Å²) >= 11 is 2.86. The zero-order chi connectivity index (χ0) is 25.1. The molecule has 0 fully saturated rings. The SMILES string of the molecule is C=CCSc1nnc(N2C(N)=C(C#N)C(c3cc(OC)c(OC)cc3OC)C3=C2CCCC3=O)s1. The quantitative estimate of drug-likeness (QED) is 0.408.